The monoisotopic (exact) mass is 279 g/mol. The van der Waals surface area contributed by atoms with Gasteiger partial charge in [-0.25, -0.2) is 4.98 Å². The van der Waals surface area contributed by atoms with E-state index in [-0.39, 0.29) is 5.15 Å². The molecule has 1 aromatic rings. The van der Waals surface area contributed by atoms with Crippen molar-refractivity contribution in [2.45, 2.75) is 12.6 Å². The van der Waals surface area contributed by atoms with Gasteiger partial charge in [0.2, 0.25) is 0 Å². The van der Waals surface area contributed by atoms with Crippen LogP contribution in [0, 0.1) is 0 Å². The summed E-state index contributed by atoms with van der Waals surface area (Å²) in [5, 5.41) is 3.30. The fraction of sp³-hybridized carbons (Fsp3) is 0.545. The molecule has 1 aliphatic rings. The molecule has 0 radical (unpaired) electrons. The highest BCUT2D eigenvalue weighted by Gasteiger charge is 2.32. The van der Waals surface area contributed by atoms with E-state index in [1.807, 2.05) is 4.90 Å². The van der Waals surface area contributed by atoms with Crippen molar-refractivity contribution < 1.29 is 13.2 Å². The summed E-state index contributed by atoms with van der Waals surface area (Å²) in [5.74, 6) is 0. The van der Waals surface area contributed by atoms with Crippen molar-refractivity contribution in [2.75, 3.05) is 31.1 Å². The van der Waals surface area contributed by atoms with Crippen molar-refractivity contribution in [2.24, 2.45) is 0 Å². The minimum atomic E-state index is -4.39. The average Bonchev–Trinajstić information content (AvgIpc) is 2.56. The van der Waals surface area contributed by atoms with Gasteiger partial charge in [0.25, 0.3) is 0 Å². The second kappa shape index (κ2) is 5.32. The Hall–Kier alpha value is -1.01. The third-order valence-electron chi connectivity index (χ3n) is 2.83. The maximum absolute atomic E-state index is 12.6. The second-order valence-corrected chi connectivity index (χ2v) is 4.48. The number of alkyl halides is 3. The molecule has 1 aliphatic heterocycles. The zero-order chi connectivity index (χ0) is 13.2. The van der Waals surface area contributed by atoms with Crippen LogP contribution in [-0.4, -0.2) is 31.2 Å². The first kappa shape index (κ1) is 13.4. The molecule has 0 aliphatic carbocycles. The highest BCUT2D eigenvalue weighted by atomic mass is 35.5. The first-order valence-electron chi connectivity index (χ1n) is 5.67. The number of pyridine rings is 1. The van der Waals surface area contributed by atoms with Gasteiger partial charge in [-0.1, -0.05) is 11.6 Å². The van der Waals surface area contributed by atoms with Crippen LogP contribution in [0.3, 0.4) is 0 Å². The van der Waals surface area contributed by atoms with Crippen LogP contribution in [0.1, 0.15) is 12.0 Å². The number of nitrogens with one attached hydrogen (secondary N) is 1. The van der Waals surface area contributed by atoms with Gasteiger partial charge >= 0.3 is 6.18 Å². The highest BCUT2D eigenvalue weighted by molar-refractivity contribution is 6.32. The summed E-state index contributed by atoms with van der Waals surface area (Å²) < 4.78 is 37.9. The van der Waals surface area contributed by atoms with Crippen molar-refractivity contribution in [1.29, 1.82) is 0 Å². The maximum atomic E-state index is 12.6. The first-order chi connectivity index (χ1) is 8.48. The van der Waals surface area contributed by atoms with E-state index in [0.717, 1.165) is 31.8 Å². The summed E-state index contributed by atoms with van der Waals surface area (Å²) in [6.45, 7) is 2.89. The van der Waals surface area contributed by atoms with Crippen LogP contribution in [0.4, 0.5) is 18.9 Å². The summed E-state index contributed by atoms with van der Waals surface area (Å²) in [4.78, 5) is 5.47. The summed E-state index contributed by atoms with van der Waals surface area (Å²) >= 11 is 5.89. The van der Waals surface area contributed by atoms with Crippen molar-refractivity contribution in [3.63, 3.8) is 0 Å². The lowest BCUT2D eigenvalue weighted by Crippen LogP contribution is -2.28. The van der Waals surface area contributed by atoms with E-state index in [4.69, 9.17) is 11.6 Å². The van der Waals surface area contributed by atoms with Gasteiger partial charge in [-0.3, -0.25) is 0 Å². The Labute approximate surface area is 108 Å². The second-order valence-electron chi connectivity index (χ2n) is 4.12. The van der Waals surface area contributed by atoms with Gasteiger partial charge in [0.1, 0.15) is 0 Å². The van der Waals surface area contributed by atoms with E-state index >= 15 is 0 Å². The zero-order valence-electron chi connectivity index (χ0n) is 9.60. The van der Waals surface area contributed by atoms with Gasteiger partial charge < -0.3 is 10.2 Å². The van der Waals surface area contributed by atoms with Crippen LogP contribution >= 0.6 is 11.6 Å². The van der Waals surface area contributed by atoms with E-state index in [2.05, 4.69) is 10.3 Å². The Morgan fingerprint density at radius 3 is 2.78 bits per heavy atom. The predicted molar refractivity (Wildman–Crippen MR) is 63.9 cm³/mol. The van der Waals surface area contributed by atoms with Crippen LogP contribution in [0.2, 0.25) is 5.15 Å². The lowest BCUT2D eigenvalue weighted by molar-refractivity contribution is -0.137. The topological polar surface area (TPSA) is 28.2 Å². The Bertz CT molecular complexity index is 414. The minimum Gasteiger partial charge on any atom is -0.368 e. The van der Waals surface area contributed by atoms with E-state index in [0.29, 0.717) is 18.8 Å². The van der Waals surface area contributed by atoms with Crippen LogP contribution in [0.25, 0.3) is 0 Å². The molecule has 100 valence electrons. The summed E-state index contributed by atoms with van der Waals surface area (Å²) in [5.41, 5.74) is -0.408. The molecule has 0 unspecified atom stereocenters. The molecule has 1 aromatic heterocycles. The third kappa shape index (κ3) is 3.05. The number of rotatable bonds is 1. The Kier molecular flexibility index (Phi) is 3.97. The summed E-state index contributed by atoms with van der Waals surface area (Å²) in [6.07, 6.45) is -2.76. The lowest BCUT2D eigenvalue weighted by Gasteiger charge is -2.23. The van der Waals surface area contributed by atoms with Crippen molar-refractivity contribution in [1.82, 2.24) is 10.3 Å². The molecule has 3 nitrogen and oxygen atoms in total. The molecule has 0 spiro atoms. The van der Waals surface area contributed by atoms with E-state index in [1.54, 1.807) is 0 Å². The van der Waals surface area contributed by atoms with Gasteiger partial charge in [-0.15, -0.1) is 0 Å². The molecule has 2 rings (SSSR count). The van der Waals surface area contributed by atoms with E-state index < -0.39 is 11.7 Å². The van der Waals surface area contributed by atoms with Gasteiger partial charge in [0.15, 0.2) is 5.15 Å². The molecular formula is C11H13ClF3N3. The van der Waals surface area contributed by atoms with Crippen molar-refractivity contribution >= 4 is 17.3 Å². The maximum Gasteiger partial charge on any atom is 0.417 e. The van der Waals surface area contributed by atoms with E-state index in [9.17, 15) is 13.2 Å². The molecule has 1 N–H and O–H groups in total. The Balaban J connectivity index is 2.30. The largest absolute Gasteiger partial charge is 0.417 e. The number of anilines is 1. The lowest BCUT2D eigenvalue weighted by atomic mass is 10.2. The number of hydrogen-bond donors (Lipinski definition) is 1. The molecule has 0 atom stereocenters. The average molecular weight is 280 g/mol. The molecule has 0 saturated carbocycles. The van der Waals surface area contributed by atoms with Crippen molar-refractivity contribution in [3.8, 4) is 0 Å². The van der Waals surface area contributed by atoms with Gasteiger partial charge in [-0.2, -0.15) is 13.2 Å². The molecule has 1 fully saturated rings. The quantitative estimate of drug-likeness (QED) is 0.801. The molecule has 2 heterocycles. The number of halogens is 4. The first-order valence-corrected chi connectivity index (χ1v) is 6.04. The van der Waals surface area contributed by atoms with E-state index in [1.165, 1.54) is 0 Å². The van der Waals surface area contributed by atoms with Crippen molar-refractivity contribution in [3.05, 3.63) is 23.0 Å². The SMILES string of the molecule is FC(F)(F)c1cnc(Cl)c(N2CCCNCC2)c1. The molecule has 18 heavy (non-hydrogen) atoms. The minimum absolute atomic E-state index is 0.116. The Morgan fingerprint density at radius 2 is 2.06 bits per heavy atom. The highest BCUT2D eigenvalue weighted by Crippen LogP contribution is 2.34. The fourth-order valence-electron chi connectivity index (χ4n) is 1.90. The molecule has 0 bridgehead atoms. The fourth-order valence-corrected chi connectivity index (χ4v) is 2.12. The molecule has 7 heteroatoms. The summed E-state index contributed by atoms with van der Waals surface area (Å²) in [6, 6.07) is 1.07. The number of aromatic nitrogens is 1. The van der Waals surface area contributed by atoms with Crippen LogP contribution in [0.15, 0.2) is 12.3 Å². The molecule has 1 saturated heterocycles. The van der Waals surface area contributed by atoms with Crippen LogP contribution in [0.5, 0.6) is 0 Å². The van der Waals surface area contributed by atoms with Crippen LogP contribution in [-0.2, 0) is 6.18 Å². The van der Waals surface area contributed by atoms with Crippen LogP contribution < -0.4 is 10.2 Å². The molecular weight excluding hydrogens is 267 g/mol. The normalized spacial score (nSPS) is 17.7. The standard InChI is InChI=1S/C11H13ClF3N3/c12-10-9(18-4-1-2-16-3-5-18)6-8(7-17-10)11(13,14)15/h6-7,16H,1-5H2. The number of nitrogens with zero attached hydrogens (tertiary/aromatic N) is 2. The number of hydrogen-bond acceptors (Lipinski definition) is 3. The van der Waals surface area contributed by atoms with Gasteiger partial charge in [-0.05, 0) is 19.0 Å². The van der Waals surface area contributed by atoms with Gasteiger partial charge in [0, 0.05) is 25.8 Å². The predicted octanol–water partition coefficient (Wildman–Crippen LogP) is 2.55. The third-order valence-corrected chi connectivity index (χ3v) is 3.12. The summed E-state index contributed by atoms with van der Waals surface area (Å²) in [7, 11) is 0. The zero-order valence-corrected chi connectivity index (χ0v) is 10.4. The Morgan fingerprint density at radius 1 is 1.28 bits per heavy atom. The smallest absolute Gasteiger partial charge is 0.368 e. The molecule has 0 amide bonds. The molecule has 0 aromatic carbocycles. The van der Waals surface area contributed by atoms with Gasteiger partial charge in [0.05, 0.1) is 11.3 Å².